The number of H-pyrrole nitrogens is 2. The normalized spacial score (nSPS) is 21.8. The molecule has 0 radical (unpaired) electrons. The standard InChI is InChI=1S/C22H26N4O/c1-13-7-9-26(21(13)27)15-5-4-14-10-18(23-17(14)11-15)20-16-6-8-22(2,3)12-19(16)24-25-20/h4-5,10-11,13,23H,6-9,12H2,1-3H3,(H,24,25). The molecule has 5 heteroatoms. The minimum Gasteiger partial charge on any atom is -0.353 e. The molecule has 140 valence electrons. The van der Waals surface area contributed by atoms with E-state index >= 15 is 0 Å². The van der Waals surface area contributed by atoms with Gasteiger partial charge in [-0.05, 0) is 49.3 Å². The van der Waals surface area contributed by atoms with Gasteiger partial charge >= 0.3 is 0 Å². The number of aromatic nitrogens is 3. The SMILES string of the molecule is CC1CCN(c2ccc3cc(-c4n[nH]c5c4CCC(C)(C)C5)[nH]c3c2)C1=O. The van der Waals surface area contributed by atoms with E-state index in [-0.39, 0.29) is 11.8 Å². The Kier molecular flexibility index (Phi) is 3.51. The maximum Gasteiger partial charge on any atom is 0.229 e. The first kappa shape index (κ1) is 16.6. The van der Waals surface area contributed by atoms with Crippen LogP contribution in [0.1, 0.15) is 44.9 Å². The second-order valence-electron chi connectivity index (χ2n) is 9.00. The van der Waals surface area contributed by atoms with Crippen molar-refractivity contribution in [3.8, 4) is 11.4 Å². The Hall–Kier alpha value is -2.56. The molecule has 1 fully saturated rings. The van der Waals surface area contributed by atoms with Crippen molar-refractivity contribution in [2.45, 2.75) is 46.5 Å². The molecule has 1 aliphatic heterocycles. The highest BCUT2D eigenvalue weighted by atomic mass is 16.2. The smallest absolute Gasteiger partial charge is 0.229 e. The van der Waals surface area contributed by atoms with Crippen LogP contribution >= 0.6 is 0 Å². The van der Waals surface area contributed by atoms with E-state index in [0.717, 1.165) is 53.8 Å². The summed E-state index contributed by atoms with van der Waals surface area (Å²) in [5.74, 6) is 0.352. The third-order valence-corrected chi connectivity index (χ3v) is 6.31. The summed E-state index contributed by atoms with van der Waals surface area (Å²) in [6.45, 7) is 7.46. The van der Waals surface area contributed by atoms with Crippen molar-refractivity contribution in [2.24, 2.45) is 11.3 Å². The van der Waals surface area contributed by atoms with E-state index in [0.29, 0.717) is 5.41 Å². The number of hydrogen-bond acceptors (Lipinski definition) is 2. The fourth-order valence-electron chi connectivity index (χ4n) is 4.56. The Labute approximate surface area is 159 Å². The van der Waals surface area contributed by atoms with Crippen LogP contribution in [0.15, 0.2) is 24.3 Å². The summed E-state index contributed by atoms with van der Waals surface area (Å²) < 4.78 is 0. The van der Waals surface area contributed by atoms with E-state index in [1.807, 2.05) is 11.8 Å². The summed E-state index contributed by atoms with van der Waals surface area (Å²) in [6.07, 6.45) is 4.23. The highest BCUT2D eigenvalue weighted by Gasteiger charge is 2.30. The van der Waals surface area contributed by atoms with Crippen LogP contribution in [0.4, 0.5) is 5.69 Å². The van der Waals surface area contributed by atoms with Crippen molar-refractivity contribution in [3.05, 3.63) is 35.5 Å². The molecule has 1 unspecified atom stereocenters. The van der Waals surface area contributed by atoms with Gasteiger partial charge in [-0.1, -0.05) is 26.8 Å². The zero-order chi connectivity index (χ0) is 18.8. The first-order valence-corrected chi connectivity index (χ1v) is 9.92. The molecule has 5 nitrogen and oxygen atoms in total. The van der Waals surface area contributed by atoms with Crippen LogP contribution < -0.4 is 4.90 Å². The zero-order valence-corrected chi connectivity index (χ0v) is 16.2. The van der Waals surface area contributed by atoms with Crippen molar-refractivity contribution in [1.29, 1.82) is 0 Å². The predicted octanol–water partition coefficient (Wildman–Crippen LogP) is 4.45. The summed E-state index contributed by atoms with van der Waals surface area (Å²) >= 11 is 0. The number of nitrogens with zero attached hydrogens (tertiary/aromatic N) is 2. The van der Waals surface area contributed by atoms with Gasteiger partial charge in [0.1, 0.15) is 5.69 Å². The van der Waals surface area contributed by atoms with E-state index in [4.69, 9.17) is 0 Å². The molecule has 1 amide bonds. The molecule has 3 aromatic rings. The van der Waals surface area contributed by atoms with E-state index in [2.05, 4.69) is 53.3 Å². The molecule has 0 bridgehead atoms. The number of carbonyl (C=O) groups is 1. The molecule has 2 aliphatic rings. The summed E-state index contributed by atoms with van der Waals surface area (Å²) in [4.78, 5) is 17.8. The number of anilines is 1. The van der Waals surface area contributed by atoms with Crippen LogP contribution in [0.25, 0.3) is 22.3 Å². The van der Waals surface area contributed by atoms with Crippen LogP contribution in [0, 0.1) is 11.3 Å². The van der Waals surface area contributed by atoms with Gasteiger partial charge in [-0.3, -0.25) is 9.89 Å². The molecule has 0 spiro atoms. The van der Waals surface area contributed by atoms with Gasteiger partial charge < -0.3 is 9.88 Å². The summed E-state index contributed by atoms with van der Waals surface area (Å²) in [5, 5.41) is 9.05. The van der Waals surface area contributed by atoms with Crippen LogP contribution in [-0.2, 0) is 17.6 Å². The van der Waals surface area contributed by atoms with E-state index < -0.39 is 0 Å². The fourth-order valence-corrected chi connectivity index (χ4v) is 4.56. The molecule has 2 aromatic heterocycles. The van der Waals surface area contributed by atoms with Gasteiger partial charge in [0.25, 0.3) is 0 Å². The first-order chi connectivity index (χ1) is 12.9. The lowest BCUT2D eigenvalue weighted by Gasteiger charge is -2.28. The second kappa shape index (κ2) is 5.72. The average Bonchev–Trinajstić information content (AvgIpc) is 3.30. The van der Waals surface area contributed by atoms with Gasteiger partial charge in [0.05, 0.1) is 5.69 Å². The highest BCUT2D eigenvalue weighted by molar-refractivity contribution is 5.99. The van der Waals surface area contributed by atoms with E-state index in [1.54, 1.807) is 0 Å². The number of benzene rings is 1. The van der Waals surface area contributed by atoms with Gasteiger partial charge in [-0.2, -0.15) is 5.10 Å². The number of nitrogens with one attached hydrogen (secondary N) is 2. The summed E-state index contributed by atoms with van der Waals surface area (Å²) in [7, 11) is 0. The maximum absolute atomic E-state index is 12.3. The Morgan fingerprint density at radius 2 is 2.11 bits per heavy atom. The molecule has 0 saturated carbocycles. The lowest BCUT2D eigenvalue weighted by atomic mass is 9.76. The lowest BCUT2D eigenvalue weighted by molar-refractivity contribution is -0.119. The monoisotopic (exact) mass is 362 g/mol. The predicted molar refractivity (Wildman–Crippen MR) is 108 cm³/mol. The Morgan fingerprint density at radius 1 is 1.26 bits per heavy atom. The van der Waals surface area contributed by atoms with Crippen LogP contribution in [0.5, 0.6) is 0 Å². The minimum atomic E-state index is 0.125. The molecule has 27 heavy (non-hydrogen) atoms. The quantitative estimate of drug-likeness (QED) is 0.707. The van der Waals surface area contributed by atoms with Crippen LogP contribution in [0.3, 0.4) is 0 Å². The topological polar surface area (TPSA) is 64.8 Å². The summed E-state index contributed by atoms with van der Waals surface area (Å²) in [6, 6.07) is 8.42. The number of aromatic amines is 2. The lowest BCUT2D eigenvalue weighted by Crippen LogP contribution is -2.25. The van der Waals surface area contributed by atoms with Gasteiger partial charge in [-0.25, -0.2) is 0 Å². The Morgan fingerprint density at radius 3 is 2.89 bits per heavy atom. The van der Waals surface area contributed by atoms with Crippen molar-refractivity contribution in [1.82, 2.24) is 15.2 Å². The van der Waals surface area contributed by atoms with Crippen molar-refractivity contribution in [3.63, 3.8) is 0 Å². The largest absolute Gasteiger partial charge is 0.353 e. The number of carbonyl (C=O) groups excluding carboxylic acids is 1. The molecule has 1 atom stereocenters. The minimum absolute atomic E-state index is 0.125. The van der Waals surface area contributed by atoms with Gasteiger partial charge in [-0.15, -0.1) is 0 Å². The molecular formula is C22H26N4O. The first-order valence-electron chi connectivity index (χ1n) is 9.92. The maximum atomic E-state index is 12.3. The molecule has 2 N–H and O–H groups in total. The van der Waals surface area contributed by atoms with Crippen molar-refractivity contribution < 1.29 is 4.79 Å². The number of amides is 1. The molecule has 1 aliphatic carbocycles. The Bertz CT molecular complexity index is 1040. The van der Waals surface area contributed by atoms with E-state index in [9.17, 15) is 4.79 Å². The van der Waals surface area contributed by atoms with Crippen LogP contribution in [0.2, 0.25) is 0 Å². The fraction of sp³-hybridized carbons (Fsp3) is 0.455. The second-order valence-corrected chi connectivity index (χ2v) is 9.00. The number of fused-ring (bicyclic) bond motifs is 2. The highest BCUT2D eigenvalue weighted by Crippen LogP contribution is 2.38. The molecule has 3 heterocycles. The molecular weight excluding hydrogens is 336 g/mol. The molecule has 1 saturated heterocycles. The number of rotatable bonds is 2. The van der Waals surface area contributed by atoms with Gasteiger partial charge in [0.2, 0.25) is 5.91 Å². The van der Waals surface area contributed by atoms with Crippen LogP contribution in [-0.4, -0.2) is 27.6 Å². The molecule has 1 aromatic carbocycles. The third-order valence-electron chi connectivity index (χ3n) is 6.31. The average molecular weight is 362 g/mol. The van der Waals surface area contributed by atoms with Gasteiger partial charge in [0, 0.05) is 40.3 Å². The zero-order valence-electron chi connectivity index (χ0n) is 16.2. The van der Waals surface area contributed by atoms with Crippen molar-refractivity contribution >= 4 is 22.5 Å². The molecule has 5 rings (SSSR count). The third kappa shape index (κ3) is 2.68. The number of hydrogen-bond donors (Lipinski definition) is 2. The van der Waals surface area contributed by atoms with Crippen molar-refractivity contribution in [2.75, 3.05) is 11.4 Å². The van der Waals surface area contributed by atoms with E-state index in [1.165, 1.54) is 17.7 Å². The Balaban J connectivity index is 1.51. The summed E-state index contributed by atoms with van der Waals surface area (Å²) in [5.41, 5.74) is 7.11. The van der Waals surface area contributed by atoms with Gasteiger partial charge in [0.15, 0.2) is 0 Å².